The number of anilines is 1. The molecule has 0 bridgehead atoms. The first kappa shape index (κ1) is 28.2. The highest BCUT2D eigenvalue weighted by Gasteiger charge is 2.32. The number of hydrogen-bond donors (Lipinski definition) is 1. The summed E-state index contributed by atoms with van der Waals surface area (Å²) in [4.78, 5) is 27.8. The van der Waals surface area contributed by atoms with E-state index in [9.17, 15) is 18.0 Å². The second kappa shape index (κ2) is 11.8. The summed E-state index contributed by atoms with van der Waals surface area (Å²) < 4.78 is 28.6. The number of likely N-dealkylation sites (N-methyl/N-ethyl adjacent to an activating group) is 1. The molecule has 0 heterocycles. The first-order valence-electron chi connectivity index (χ1n) is 11.9. The van der Waals surface area contributed by atoms with Gasteiger partial charge in [-0.2, -0.15) is 0 Å². The van der Waals surface area contributed by atoms with Gasteiger partial charge >= 0.3 is 0 Å². The lowest BCUT2D eigenvalue weighted by Gasteiger charge is -2.32. The first-order valence-corrected chi connectivity index (χ1v) is 13.7. The summed E-state index contributed by atoms with van der Waals surface area (Å²) in [6.07, 6.45) is 0. The van der Waals surface area contributed by atoms with Crippen molar-refractivity contribution in [3.05, 3.63) is 94.0 Å². The SMILES string of the molecule is CNC(=O)[C@H](C)N(Cc1cccc(C)c1)C(=O)CN(c1ccc(C)c(Cl)c1)S(=O)(=O)c1ccc(C)cc1. The normalized spacial score (nSPS) is 12.1. The molecule has 3 rings (SSSR count). The van der Waals surface area contributed by atoms with Crippen LogP contribution in [0.25, 0.3) is 0 Å². The highest BCUT2D eigenvalue weighted by atomic mass is 35.5. The number of nitrogens with zero attached hydrogens (tertiary/aromatic N) is 2. The molecule has 0 aromatic heterocycles. The largest absolute Gasteiger partial charge is 0.357 e. The maximum absolute atomic E-state index is 13.8. The topological polar surface area (TPSA) is 86.8 Å². The Balaban J connectivity index is 2.06. The Morgan fingerprint density at radius 3 is 2.22 bits per heavy atom. The van der Waals surface area contributed by atoms with E-state index in [2.05, 4.69) is 5.32 Å². The van der Waals surface area contributed by atoms with Crippen LogP contribution in [-0.2, 0) is 26.2 Å². The minimum absolute atomic E-state index is 0.0483. The van der Waals surface area contributed by atoms with E-state index in [1.165, 1.54) is 30.1 Å². The predicted molar refractivity (Wildman–Crippen MR) is 147 cm³/mol. The van der Waals surface area contributed by atoms with Gasteiger partial charge in [0.2, 0.25) is 11.8 Å². The number of rotatable bonds is 9. The molecule has 3 aromatic rings. The molecule has 0 saturated carbocycles. The van der Waals surface area contributed by atoms with Gasteiger partial charge in [-0.1, -0.05) is 65.2 Å². The molecular weight excluding hydrogens is 510 g/mol. The second-order valence-corrected chi connectivity index (χ2v) is 11.3. The van der Waals surface area contributed by atoms with Gasteiger partial charge in [0.15, 0.2) is 0 Å². The van der Waals surface area contributed by atoms with Gasteiger partial charge in [0.25, 0.3) is 10.0 Å². The second-order valence-electron chi connectivity index (χ2n) is 9.06. The van der Waals surface area contributed by atoms with Crippen LogP contribution in [0.15, 0.2) is 71.6 Å². The molecule has 0 fully saturated rings. The molecule has 0 spiro atoms. The molecule has 7 nitrogen and oxygen atoms in total. The van der Waals surface area contributed by atoms with E-state index in [0.717, 1.165) is 26.6 Å². The summed E-state index contributed by atoms with van der Waals surface area (Å²) in [5, 5.41) is 2.95. The van der Waals surface area contributed by atoms with Gasteiger partial charge in [-0.25, -0.2) is 8.42 Å². The monoisotopic (exact) mass is 541 g/mol. The van der Waals surface area contributed by atoms with Crippen molar-refractivity contribution in [2.24, 2.45) is 0 Å². The minimum atomic E-state index is -4.13. The Kier molecular flexibility index (Phi) is 8.99. The number of amides is 2. The van der Waals surface area contributed by atoms with Crippen LogP contribution in [0, 0.1) is 20.8 Å². The maximum Gasteiger partial charge on any atom is 0.264 e. The van der Waals surface area contributed by atoms with Crippen molar-refractivity contribution in [1.29, 1.82) is 0 Å². The Morgan fingerprint density at radius 2 is 1.62 bits per heavy atom. The van der Waals surface area contributed by atoms with Crippen molar-refractivity contribution >= 4 is 39.1 Å². The zero-order chi connectivity index (χ0) is 27.3. The van der Waals surface area contributed by atoms with E-state index in [4.69, 9.17) is 11.6 Å². The fraction of sp³-hybridized carbons (Fsp3) is 0.286. The van der Waals surface area contributed by atoms with Gasteiger partial charge in [0.05, 0.1) is 10.6 Å². The molecule has 1 atom stereocenters. The van der Waals surface area contributed by atoms with Crippen LogP contribution in [0.1, 0.15) is 29.2 Å². The number of halogens is 1. The molecule has 3 aromatic carbocycles. The molecular formula is C28H32ClN3O4S. The molecule has 37 heavy (non-hydrogen) atoms. The number of nitrogens with one attached hydrogen (secondary N) is 1. The predicted octanol–water partition coefficient (Wildman–Crippen LogP) is 4.62. The van der Waals surface area contributed by atoms with Crippen LogP contribution in [0.2, 0.25) is 5.02 Å². The van der Waals surface area contributed by atoms with E-state index in [1.54, 1.807) is 31.2 Å². The summed E-state index contributed by atoms with van der Waals surface area (Å²) in [5.41, 5.74) is 3.78. The van der Waals surface area contributed by atoms with Gasteiger partial charge in [-0.05, 0) is 63.1 Å². The molecule has 196 valence electrons. The maximum atomic E-state index is 13.8. The van der Waals surface area contributed by atoms with E-state index >= 15 is 0 Å². The van der Waals surface area contributed by atoms with Crippen LogP contribution in [-0.4, -0.2) is 44.8 Å². The van der Waals surface area contributed by atoms with Crippen molar-refractivity contribution < 1.29 is 18.0 Å². The fourth-order valence-electron chi connectivity index (χ4n) is 3.90. The molecule has 0 aliphatic rings. The summed E-state index contributed by atoms with van der Waals surface area (Å²) in [7, 11) is -2.64. The molecule has 0 aliphatic heterocycles. The minimum Gasteiger partial charge on any atom is -0.357 e. The third-order valence-corrected chi connectivity index (χ3v) is 8.38. The number of sulfonamides is 1. The zero-order valence-corrected chi connectivity index (χ0v) is 23.2. The molecule has 0 saturated heterocycles. The summed E-state index contributed by atoms with van der Waals surface area (Å²) in [5.74, 6) is -0.877. The number of carbonyl (C=O) groups excluding carboxylic acids is 2. The van der Waals surface area contributed by atoms with Crippen LogP contribution >= 0.6 is 11.6 Å². The van der Waals surface area contributed by atoms with Crippen LogP contribution in [0.3, 0.4) is 0 Å². The molecule has 0 radical (unpaired) electrons. The number of aryl methyl sites for hydroxylation is 3. The first-order chi connectivity index (χ1) is 17.4. The van der Waals surface area contributed by atoms with Gasteiger partial charge in [0, 0.05) is 18.6 Å². The quantitative estimate of drug-likeness (QED) is 0.428. The Labute approximate surface area is 224 Å². The van der Waals surface area contributed by atoms with Crippen molar-refractivity contribution in [1.82, 2.24) is 10.2 Å². The fourth-order valence-corrected chi connectivity index (χ4v) is 5.48. The highest BCUT2D eigenvalue weighted by Crippen LogP contribution is 2.28. The number of carbonyl (C=O) groups is 2. The Hall–Kier alpha value is -3.36. The van der Waals surface area contributed by atoms with E-state index in [-0.39, 0.29) is 23.0 Å². The van der Waals surface area contributed by atoms with Gasteiger partial charge in [0.1, 0.15) is 12.6 Å². The average Bonchev–Trinajstić information content (AvgIpc) is 2.86. The third-order valence-electron chi connectivity index (χ3n) is 6.18. The highest BCUT2D eigenvalue weighted by molar-refractivity contribution is 7.92. The lowest BCUT2D eigenvalue weighted by Crippen LogP contribution is -2.50. The Bertz CT molecular complexity index is 1390. The average molecular weight is 542 g/mol. The summed E-state index contributed by atoms with van der Waals surface area (Å²) in [6.45, 7) is 6.86. The van der Waals surface area contributed by atoms with Crippen LogP contribution < -0.4 is 9.62 Å². The van der Waals surface area contributed by atoms with E-state index in [1.807, 2.05) is 45.0 Å². The standard InChI is InChI=1S/C28H32ClN3O4S/c1-19-9-13-25(14-10-19)37(35,36)32(24-12-11-21(3)26(29)16-24)18-27(33)31(22(4)28(34)30-5)17-23-8-6-7-20(2)15-23/h6-16,22H,17-18H2,1-5H3,(H,30,34)/t22-/m0/s1. The smallest absolute Gasteiger partial charge is 0.264 e. The van der Waals surface area contributed by atoms with Gasteiger partial charge < -0.3 is 10.2 Å². The molecule has 0 aliphatic carbocycles. The lowest BCUT2D eigenvalue weighted by atomic mass is 10.1. The van der Waals surface area contributed by atoms with E-state index in [0.29, 0.717) is 5.02 Å². The summed E-state index contributed by atoms with van der Waals surface area (Å²) in [6, 6.07) is 18.1. The molecule has 9 heteroatoms. The molecule has 2 amide bonds. The zero-order valence-electron chi connectivity index (χ0n) is 21.7. The van der Waals surface area contributed by atoms with Crippen molar-refractivity contribution in [2.75, 3.05) is 17.9 Å². The van der Waals surface area contributed by atoms with Crippen molar-refractivity contribution in [3.63, 3.8) is 0 Å². The van der Waals surface area contributed by atoms with Crippen LogP contribution in [0.5, 0.6) is 0 Å². The van der Waals surface area contributed by atoms with Crippen molar-refractivity contribution in [3.8, 4) is 0 Å². The number of benzene rings is 3. The van der Waals surface area contributed by atoms with Gasteiger partial charge in [-0.3, -0.25) is 13.9 Å². The van der Waals surface area contributed by atoms with Crippen molar-refractivity contribution in [2.45, 2.75) is 45.2 Å². The molecule has 0 unspecified atom stereocenters. The Morgan fingerprint density at radius 1 is 0.946 bits per heavy atom. The number of hydrogen-bond acceptors (Lipinski definition) is 4. The van der Waals surface area contributed by atoms with E-state index < -0.39 is 28.5 Å². The summed E-state index contributed by atoms with van der Waals surface area (Å²) >= 11 is 6.34. The van der Waals surface area contributed by atoms with Crippen LogP contribution in [0.4, 0.5) is 5.69 Å². The lowest BCUT2D eigenvalue weighted by molar-refractivity contribution is -0.139. The van der Waals surface area contributed by atoms with Gasteiger partial charge in [-0.15, -0.1) is 0 Å². The molecule has 1 N–H and O–H groups in total. The third kappa shape index (κ3) is 6.70.